The molecule has 0 aromatic heterocycles. The fraction of sp³-hybridized carbons (Fsp3) is 0.471. The Hall–Kier alpha value is -2.57. The number of likely N-dealkylation sites (N-methyl/N-ethyl adjacent to an activating group) is 1. The van der Waals surface area contributed by atoms with Gasteiger partial charge in [-0.2, -0.15) is 0 Å². The maximum atomic E-state index is 12.6. The molecule has 1 aliphatic rings. The highest BCUT2D eigenvalue weighted by Gasteiger charge is 2.42. The van der Waals surface area contributed by atoms with Crippen LogP contribution < -0.4 is 9.64 Å². The summed E-state index contributed by atoms with van der Waals surface area (Å²) in [5, 5.41) is 9.27. The molecule has 0 radical (unpaired) electrons. The van der Waals surface area contributed by atoms with Crippen LogP contribution in [0.5, 0.6) is 5.75 Å². The van der Waals surface area contributed by atoms with Gasteiger partial charge in [0.05, 0.1) is 18.7 Å². The number of aliphatic carboxylic acids is 1. The number of carbonyl (C=O) groups is 3. The quantitative estimate of drug-likeness (QED) is 0.879. The number of rotatable bonds is 5. The summed E-state index contributed by atoms with van der Waals surface area (Å²) < 4.78 is 5.27. The molecule has 1 aromatic rings. The monoisotopic (exact) mass is 334 g/mol. The molecule has 1 saturated heterocycles. The Morgan fingerprint density at radius 1 is 1.33 bits per heavy atom. The van der Waals surface area contributed by atoms with Crippen molar-refractivity contribution in [2.75, 3.05) is 25.6 Å². The van der Waals surface area contributed by atoms with Gasteiger partial charge in [-0.25, -0.2) is 4.79 Å². The van der Waals surface area contributed by atoms with E-state index in [4.69, 9.17) is 4.74 Å². The molecule has 7 nitrogen and oxygen atoms in total. The van der Waals surface area contributed by atoms with Crippen LogP contribution in [0.1, 0.15) is 20.3 Å². The molecule has 130 valence electrons. The average Bonchev–Trinajstić information content (AvgIpc) is 2.94. The largest absolute Gasteiger partial charge is 0.495 e. The Balaban J connectivity index is 2.20. The Bertz CT molecular complexity index is 671. The molecule has 2 rings (SSSR count). The average molecular weight is 334 g/mol. The minimum Gasteiger partial charge on any atom is -0.495 e. The highest BCUT2D eigenvalue weighted by molar-refractivity contribution is 6.01. The molecular weight excluding hydrogens is 312 g/mol. The number of carbonyl (C=O) groups excluding carboxylic acids is 2. The predicted octanol–water partition coefficient (Wildman–Crippen LogP) is 1.37. The summed E-state index contributed by atoms with van der Waals surface area (Å²) >= 11 is 0. The van der Waals surface area contributed by atoms with Crippen LogP contribution in [-0.2, 0) is 14.4 Å². The van der Waals surface area contributed by atoms with Crippen molar-refractivity contribution in [3.8, 4) is 5.75 Å². The second kappa shape index (κ2) is 6.51. The highest BCUT2D eigenvalue weighted by atomic mass is 16.5. The SMILES string of the molecule is COc1ccccc1N1CC(C(=O)N(C)C(C)(C)C(=O)O)CC1=O. The maximum Gasteiger partial charge on any atom is 0.329 e. The van der Waals surface area contributed by atoms with E-state index in [-0.39, 0.29) is 24.8 Å². The van der Waals surface area contributed by atoms with Gasteiger partial charge in [-0.3, -0.25) is 9.59 Å². The van der Waals surface area contributed by atoms with E-state index in [2.05, 4.69) is 0 Å². The number of anilines is 1. The molecule has 1 aromatic carbocycles. The summed E-state index contributed by atoms with van der Waals surface area (Å²) in [6.45, 7) is 3.13. The lowest BCUT2D eigenvalue weighted by molar-refractivity contribution is -0.156. The fourth-order valence-corrected chi connectivity index (χ4v) is 2.65. The summed E-state index contributed by atoms with van der Waals surface area (Å²) in [7, 11) is 2.97. The molecule has 24 heavy (non-hydrogen) atoms. The number of amides is 2. The zero-order valence-electron chi connectivity index (χ0n) is 14.3. The molecule has 1 fully saturated rings. The van der Waals surface area contributed by atoms with E-state index in [0.717, 1.165) is 0 Å². The van der Waals surface area contributed by atoms with E-state index < -0.39 is 17.4 Å². The smallest absolute Gasteiger partial charge is 0.329 e. The second-order valence-electron chi connectivity index (χ2n) is 6.34. The Kier molecular flexibility index (Phi) is 4.82. The molecule has 0 bridgehead atoms. The molecule has 1 atom stereocenters. The molecule has 0 saturated carbocycles. The van der Waals surface area contributed by atoms with Crippen molar-refractivity contribution in [2.45, 2.75) is 25.8 Å². The van der Waals surface area contributed by atoms with E-state index in [0.29, 0.717) is 11.4 Å². The van der Waals surface area contributed by atoms with Crippen molar-refractivity contribution < 1.29 is 24.2 Å². The third-order valence-electron chi connectivity index (χ3n) is 4.54. The van der Waals surface area contributed by atoms with Crippen molar-refractivity contribution in [1.82, 2.24) is 4.90 Å². The number of benzene rings is 1. The van der Waals surface area contributed by atoms with Crippen LogP contribution >= 0.6 is 0 Å². The topological polar surface area (TPSA) is 87.2 Å². The van der Waals surface area contributed by atoms with Gasteiger partial charge in [-0.15, -0.1) is 0 Å². The van der Waals surface area contributed by atoms with Gasteiger partial charge in [0.2, 0.25) is 11.8 Å². The lowest BCUT2D eigenvalue weighted by Gasteiger charge is -2.33. The molecule has 1 unspecified atom stereocenters. The van der Waals surface area contributed by atoms with E-state index in [1.165, 1.54) is 37.8 Å². The van der Waals surface area contributed by atoms with E-state index in [9.17, 15) is 19.5 Å². The molecular formula is C17H22N2O5. The predicted molar refractivity (Wildman–Crippen MR) is 87.9 cm³/mol. The van der Waals surface area contributed by atoms with Gasteiger partial charge < -0.3 is 19.6 Å². The first-order valence-corrected chi connectivity index (χ1v) is 7.64. The molecule has 0 spiro atoms. The first kappa shape index (κ1) is 17.8. The summed E-state index contributed by atoms with van der Waals surface area (Å²) in [5.41, 5.74) is -0.724. The van der Waals surface area contributed by atoms with Gasteiger partial charge in [-0.1, -0.05) is 12.1 Å². The lowest BCUT2D eigenvalue weighted by atomic mass is 10.00. The maximum absolute atomic E-state index is 12.6. The van der Waals surface area contributed by atoms with Gasteiger partial charge in [0.25, 0.3) is 0 Å². The zero-order chi connectivity index (χ0) is 18.1. The summed E-state index contributed by atoms with van der Waals surface area (Å²) in [6.07, 6.45) is 0.0525. The van der Waals surface area contributed by atoms with Gasteiger partial charge in [-0.05, 0) is 26.0 Å². The molecule has 7 heteroatoms. The Morgan fingerprint density at radius 3 is 2.54 bits per heavy atom. The molecule has 2 amide bonds. The lowest BCUT2D eigenvalue weighted by Crippen LogP contribution is -2.52. The summed E-state index contributed by atoms with van der Waals surface area (Å²) in [4.78, 5) is 39.0. The summed E-state index contributed by atoms with van der Waals surface area (Å²) in [5.74, 6) is -1.65. The third-order valence-corrected chi connectivity index (χ3v) is 4.54. The van der Waals surface area contributed by atoms with Crippen LogP contribution in [-0.4, -0.2) is 54.0 Å². The summed E-state index contributed by atoms with van der Waals surface area (Å²) in [6, 6.07) is 7.10. The van der Waals surface area contributed by atoms with Gasteiger partial charge >= 0.3 is 5.97 Å². The third kappa shape index (κ3) is 3.06. The highest BCUT2D eigenvalue weighted by Crippen LogP contribution is 2.33. The van der Waals surface area contributed by atoms with Gasteiger partial charge in [0.15, 0.2) is 0 Å². The number of hydrogen-bond acceptors (Lipinski definition) is 4. The van der Waals surface area contributed by atoms with Crippen LogP contribution in [0.2, 0.25) is 0 Å². The van der Waals surface area contributed by atoms with Gasteiger partial charge in [0, 0.05) is 20.0 Å². The second-order valence-corrected chi connectivity index (χ2v) is 6.34. The van der Waals surface area contributed by atoms with Crippen LogP contribution in [0.25, 0.3) is 0 Å². The van der Waals surface area contributed by atoms with E-state index in [1.807, 2.05) is 0 Å². The van der Waals surface area contributed by atoms with Gasteiger partial charge in [0.1, 0.15) is 11.3 Å². The Labute approximate surface area is 140 Å². The van der Waals surface area contributed by atoms with Crippen molar-refractivity contribution in [1.29, 1.82) is 0 Å². The van der Waals surface area contributed by atoms with Crippen molar-refractivity contribution in [3.05, 3.63) is 24.3 Å². The minimum absolute atomic E-state index is 0.0525. The Morgan fingerprint density at radius 2 is 1.96 bits per heavy atom. The van der Waals surface area contributed by atoms with Crippen LogP contribution in [0.4, 0.5) is 5.69 Å². The van der Waals surface area contributed by atoms with E-state index >= 15 is 0 Å². The first-order chi connectivity index (χ1) is 11.2. The van der Waals surface area contributed by atoms with Crippen LogP contribution in [0.3, 0.4) is 0 Å². The molecule has 1 heterocycles. The standard InChI is InChI=1S/C17H22N2O5/c1-17(2,16(22)23)18(3)15(21)11-9-14(20)19(10-11)12-7-5-6-8-13(12)24-4/h5-8,11H,9-10H2,1-4H3,(H,22,23). The number of carboxylic acids is 1. The number of ether oxygens (including phenoxy) is 1. The number of methoxy groups -OCH3 is 1. The van der Waals surface area contributed by atoms with Crippen LogP contribution in [0.15, 0.2) is 24.3 Å². The van der Waals surface area contributed by atoms with Crippen LogP contribution in [0, 0.1) is 5.92 Å². The number of hydrogen-bond donors (Lipinski definition) is 1. The molecule has 0 aliphatic carbocycles. The van der Waals surface area contributed by atoms with Crippen molar-refractivity contribution in [2.24, 2.45) is 5.92 Å². The zero-order valence-corrected chi connectivity index (χ0v) is 14.3. The first-order valence-electron chi connectivity index (χ1n) is 7.64. The normalized spacial score (nSPS) is 17.8. The number of para-hydroxylation sites is 2. The molecule has 1 N–H and O–H groups in total. The van der Waals surface area contributed by atoms with Crippen molar-refractivity contribution in [3.63, 3.8) is 0 Å². The fourth-order valence-electron chi connectivity index (χ4n) is 2.65. The van der Waals surface area contributed by atoms with Crippen molar-refractivity contribution >= 4 is 23.5 Å². The number of nitrogens with zero attached hydrogens (tertiary/aromatic N) is 2. The number of carboxylic acid groups (broad SMARTS) is 1. The molecule has 1 aliphatic heterocycles. The van der Waals surface area contributed by atoms with E-state index in [1.54, 1.807) is 24.3 Å². The minimum atomic E-state index is -1.34.